The van der Waals surface area contributed by atoms with E-state index in [1.807, 2.05) is 0 Å². The van der Waals surface area contributed by atoms with Crippen LogP contribution in [0.4, 0.5) is 0 Å². The van der Waals surface area contributed by atoms with E-state index in [1.54, 1.807) is 0 Å². The minimum atomic E-state index is 0.747. The van der Waals surface area contributed by atoms with Gasteiger partial charge in [-0.15, -0.1) is 0 Å². The van der Waals surface area contributed by atoms with Gasteiger partial charge in [0.05, 0.1) is 0 Å². The van der Waals surface area contributed by atoms with Gasteiger partial charge >= 0.3 is 0 Å². The van der Waals surface area contributed by atoms with Crippen molar-refractivity contribution in [1.82, 2.24) is 9.80 Å². The van der Waals surface area contributed by atoms with Crippen LogP contribution in [0.3, 0.4) is 0 Å². The summed E-state index contributed by atoms with van der Waals surface area (Å²) < 4.78 is 12.2. The minimum Gasteiger partial charge on any atom is -0.492 e. The Hall–Kier alpha value is -2.04. The van der Waals surface area contributed by atoms with Gasteiger partial charge in [-0.3, -0.25) is 9.80 Å². The number of nitrogens with zero attached hydrogens (tertiary/aromatic N) is 2. The van der Waals surface area contributed by atoms with Gasteiger partial charge in [-0.1, -0.05) is 39.8 Å². The first-order chi connectivity index (χ1) is 16.2. The molecule has 0 N–H and O–H groups in total. The molecular weight excluding hydrogens is 408 g/mol. The van der Waals surface area contributed by atoms with Gasteiger partial charge in [-0.2, -0.15) is 0 Å². The van der Waals surface area contributed by atoms with E-state index in [4.69, 9.17) is 9.47 Å². The fourth-order valence-corrected chi connectivity index (χ4v) is 4.86. The summed E-state index contributed by atoms with van der Waals surface area (Å²) in [5, 5.41) is 0. The molecule has 4 nitrogen and oxygen atoms in total. The molecule has 0 amide bonds. The van der Waals surface area contributed by atoms with Gasteiger partial charge in [0.2, 0.25) is 0 Å². The molecule has 0 spiro atoms. The third kappa shape index (κ3) is 7.48. The Kier molecular flexibility index (Phi) is 10.6. The molecule has 2 aromatic rings. The molecule has 0 aromatic heterocycles. The number of ether oxygens (including phenoxy) is 2. The maximum atomic E-state index is 6.12. The molecular formula is C29H44N2O2. The molecule has 33 heavy (non-hydrogen) atoms. The Balaban J connectivity index is 1.53. The summed E-state index contributed by atoms with van der Waals surface area (Å²) in [6.45, 7) is 17.0. The number of fused-ring (bicyclic) bond motifs is 3. The largest absolute Gasteiger partial charge is 0.492 e. The highest BCUT2D eigenvalue weighted by Crippen LogP contribution is 2.39. The summed E-state index contributed by atoms with van der Waals surface area (Å²) in [5.74, 6) is 1.97. The van der Waals surface area contributed by atoms with Gasteiger partial charge in [0.15, 0.2) is 0 Å². The lowest BCUT2D eigenvalue weighted by Crippen LogP contribution is -2.30. The molecule has 3 rings (SSSR count). The predicted octanol–water partition coefficient (Wildman–Crippen LogP) is 6.26. The van der Waals surface area contributed by atoms with Crippen LogP contribution in [-0.4, -0.2) is 62.3 Å². The molecule has 0 radical (unpaired) electrons. The minimum absolute atomic E-state index is 0.747. The first-order valence-electron chi connectivity index (χ1n) is 13.1. The van der Waals surface area contributed by atoms with Crippen molar-refractivity contribution in [3.63, 3.8) is 0 Å². The molecule has 0 saturated carbocycles. The highest BCUT2D eigenvalue weighted by molar-refractivity contribution is 5.78. The molecule has 0 aliphatic heterocycles. The zero-order valence-electron chi connectivity index (χ0n) is 21.4. The summed E-state index contributed by atoms with van der Waals surface area (Å²) in [6, 6.07) is 13.2. The van der Waals surface area contributed by atoms with Crippen molar-refractivity contribution in [2.24, 2.45) is 0 Å². The van der Waals surface area contributed by atoms with Crippen LogP contribution in [0.15, 0.2) is 36.4 Å². The number of benzene rings is 2. The van der Waals surface area contributed by atoms with E-state index in [9.17, 15) is 0 Å². The lowest BCUT2D eigenvalue weighted by atomic mass is 10.1. The maximum Gasteiger partial charge on any atom is 0.119 e. The number of hydrogen-bond donors (Lipinski definition) is 0. The van der Waals surface area contributed by atoms with Crippen LogP contribution in [0.5, 0.6) is 11.5 Å². The normalized spacial score (nSPS) is 12.3. The zero-order chi connectivity index (χ0) is 23.5. The summed E-state index contributed by atoms with van der Waals surface area (Å²) in [7, 11) is 0. The predicted molar refractivity (Wildman–Crippen MR) is 140 cm³/mol. The van der Waals surface area contributed by atoms with Gasteiger partial charge in [-0.05, 0) is 105 Å². The SMILES string of the molecule is CCCN(CCC)CCOc1ccc2c(c1)Cc1cc(OCCN(CCC)CCC)ccc1-2. The summed E-state index contributed by atoms with van der Waals surface area (Å²) in [5.41, 5.74) is 5.38. The Morgan fingerprint density at radius 3 is 1.33 bits per heavy atom. The van der Waals surface area contributed by atoms with E-state index in [0.29, 0.717) is 0 Å². The van der Waals surface area contributed by atoms with E-state index in [-0.39, 0.29) is 0 Å². The molecule has 182 valence electrons. The zero-order valence-corrected chi connectivity index (χ0v) is 21.4. The molecule has 0 atom stereocenters. The summed E-state index contributed by atoms with van der Waals surface area (Å²) >= 11 is 0. The second-order valence-electron chi connectivity index (χ2n) is 9.19. The fraction of sp³-hybridized carbons (Fsp3) is 0.586. The second kappa shape index (κ2) is 13.6. The molecule has 1 aliphatic carbocycles. The molecule has 4 heteroatoms. The van der Waals surface area contributed by atoms with Gasteiger partial charge < -0.3 is 9.47 Å². The van der Waals surface area contributed by atoms with E-state index in [0.717, 1.165) is 70.4 Å². The Morgan fingerprint density at radius 1 is 0.576 bits per heavy atom. The average molecular weight is 453 g/mol. The van der Waals surface area contributed by atoms with Crippen molar-refractivity contribution in [3.05, 3.63) is 47.5 Å². The number of rotatable bonds is 16. The van der Waals surface area contributed by atoms with Crippen molar-refractivity contribution < 1.29 is 9.47 Å². The Bertz CT molecular complexity index is 770. The van der Waals surface area contributed by atoms with Crippen LogP contribution in [-0.2, 0) is 6.42 Å². The van der Waals surface area contributed by atoms with E-state index >= 15 is 0 Å². The number of hydrogen-bond acceptors (Lipinski definition) is 4. The maximum absolute atomic E-state index is 6.12. The lowest BCUT2D eigenvalue weighted by Gasteiger charge is -2.21. The van der Waals surface area contributed by atoms with Crippen molar-refractivity contribution >= 4 is 0 Å². The molecule has 0 fully saturated rings. The van der Waals surface area contributed by atoms with E-state index < -0.39 is 0 Å². The van der Waals surface area contributed by atoms with Crippen LogP contribution in [0, 0.1) is 0 Å². The quantitative estimate of drug-likeness (QED) is 0.256. The lowest BCUT2D eigenvalue weighted by molar-refractivity contribution is 0.209. The summed E-state index contributed by atoms with van der Waals surface area (Å²) in [6.07, 6.45) is 5.73. The highest BCUT2D eigenvalue weighted by atomic mass is 16.5. The smallest absolute Gasteiger partial charge is 0.119 e. The Labute approximate surface area is 201 Å². The third-order valence-electron chi connectivity index (χ3n) is 6.34. The summed E-state index contributed by atoms with van der Waals surface area (Å²) in [4.78, 5) is 4.99. The second-order valence-corrected chi connectivity index (χ2v) is 9.19. The highest BCUT2D eigenvalue weighted by Gasteiger charge is 2.20. The van der Waals surface area contributed by atoms with Crippen LogP contribution >= 0.6 is 0 Å². The topological polar surface area (TPSA) is 24.9 Å². The van der Waals surface area contributed by atoms with Crippen molar-refractivity contribution in [2.45, 2.75) is 59.8 Å². The molecule has 2 aromatic carbocycles. The van der Waals surface area contributed by atoms with Crippen LogP contribution < -0.4 is 9.47 Å². The van der Waals surface area contributed by atoms with Crippen LogP contribution in [0.2, 0.25) is 0 Å². The van der Waals surface area contributed by atoms with Crippen LogP contribution in [0.1, 0.15) is 64.5 Å². The molecule has 0 unspecified atom stereocenters. The van der Waals surface area contributed by atoms with E-state index in [2.05, 4.69) is 73.9 Å². The monoisotopic (exact) mass is 452 g/mol. The van der Waals surface area contributed by atoms with E-state index in [1.165, 1.54) is 47.9 Å². The van der Waals surface area contributed by atoms with Gasteiger partial charge in [0.1, 0.15) is 24.7 Å². The molecule has 0 bridgehead atoms. The van der Waals surface area contributed by atoms with Crippen molar-refractivity contribution in [1.29, 1.82) is 0 Å². The van der Waals surface area contributed by atoms with Gasteiger partial charge in [0.25, 0.3) is 0 Å². The molecule has 1 aliphatic rings. The first kappa shape index (κ1) is 25.6. The third-order valence-corrected chi connectivity index (χ3v) is 6.34. The Morgan fingerprint density at radius 2 is 0.970 bits per heavy atom. The van der Waals surface area contributed by atoms with Crippen LogP contribution in [0.25, 0.3) is 11.1 Å². The first-order valence-corrected chi connectivity index (χ1v) is 13.1. The van der Waals surface area contributed by atoms with Gasteiger partial charge in [-0.25, -0.2) is 0 Å². The standard InChI is InChI=1S/C29H44N2O2/c1-5-13-30(14-6-2)17-19-32-26-9-11-28-24(22-26)21-25-23-27(10-12-29(25)28)33-20-18-31(15-7-3)16-8-4/h9-12,22-23H,5-8,13-21H2,1-4H3. The van der Waals surface area contributed by atoms with Gasteiger partial charge in [0, 0.05) is 13.1 Å². The molecule has 0 heterocycles. The van der Waals surface area contributed by atoms with Crippen molar-refractivity contribution in [2.75, 3.05) is 52.5 Å². The average Bonchev–Trinajstić information content (AvgIpc) is 3.16. The molecule has 0 saturated heterocycles. The fourth-order valence-electron chi connectivity index (χ4n) is 4.86. The van der Waals surface area contributed by atoms with Crippen molar-refractivity contribution in [3.8, 4) is 22.6 Å².